The topological polar surface area (TPSA) is 126 Å². The van der Waals surface area contributed by atoms with Crippen molar-refractivity contribution in [2.24, 2.45) is 14.1 Å². The van der Waals surface area contributed by atoms with Gasteiger partial charge in [-0.3, -0.25) is 24.0 Å². The number of nitrogens with one attached hydrogen (secondary N) is 1. The van der Waals surface area contributed by atoms with E-state index in [4.69, 9.17) is 9.15 Å². The van der Waals surface area contributed by atoms with Crippen LogP contribution in [0.5, 0.6) is 5.75 Å². The predicted octanol–water partition coefficient (Wildman–Crippen LogP) is 0.361. The van der Waals surface area contributed by atoms with Gasteiger partial charge in [0.2, 0.25) is 5.91 Å². The highest BCUT2D eigenvalue weighted by molar-refractivity contribution is 5.90. The molecule has 0 atom stereocenters. The Kier molecular flexibility index (Phi) is 4.18. The molecule has 0 spiro atoms. The summed E-state index contributed by atoms with van der Waals surface area (Å²) in [4.78, 5) is 40.9. The first-order valence-corrected chi connectivity index (χ1v) is 8.35. The fourth-order valence-electron chi connectivity index (χ4n) is 2.97. The van der Waals surface area contributed by atoms with E-state index >= 15 is 0 Å². The van der Waals surface area contributed by atoms with Crippen molar-refractivity contribution in [1.29, 1.82) is 0 Å². The molecule has 4 rings (SSSR count). The average Bonchev–Trinajstić information content (AvgIpc) is 3.27. The number of rotatable bonds is 4. The lowest BCUT2D eigenvalue weighted by Gasteiger charge is -2.06. The molecule has 0 aliphatic heterocycles. The van der Waals surface area contributed by atoms with Gasteiger partial charge in [0.25, 0.3) is 5.56 Å². The van der Waals surface area contributed by atoms with Crippen LogP contribution < -0.4 is 21.3 Å². The largest absolute Gasteiger partial charge is 0.494 e. The number of fused-ring (bicyclic) bond motifs is 2. The van der Waals surface area contributed by atoms with Crippen molar-refractivity contribution in [3.05, 3.63) is 45.0 Å². The second-order valence-electron chi connectivity index (χ2n) is 6.26. The minimum Gasteiger partial charge on any atom is -0.494 e. The van der Waals surface area contributed by atoms with Crippen molar-refractivity contribution < 1.29 is 18.3 Å². The van der Waals surface area contributed by atoms with Gasteiger partial charge in [-0.25, -0.2) is 13.9 Å². The van der Waals surface area contributed by atoms with Crippen molar-refractivity contribution in [1.82, 2.24) is 23.9 Å². The second kappa shape index (κ2) is 6.58. The number of methoxy groups -OCH3 is 1. The molecule has 0 aliphatic rings. The van der Waals surface area contributed by atoms with E-state index in [1.165, 1.54) is 42.7 Å². The van der Waals surface area contributed by atoms with Crippen molar-refractivity contribution in [2.75, 3.05) is 12.4 Å². The number of oxazole rings is 1. The third-order valence-corrected chi connectivity index (χ3v) is 4.46. The molecule has 1 aromatic carbocycles. The number of nitrogens with zero attached hydrogens (tertiary/aromatic N) is 5. The molecule has 29 heavy (non-hydrogen) atoms. The number of anilines is 1. The van der Waals surface area contributed by atoms with Crippen molar-refractivity contribution >= 4 is 34.1 Å². The number of hydrogen-bond acceptors (Lipinski definition) is 7. The summed E-state index contributed by atoms with van der Waals surface area (Å²) in [6.07, 6.45) is 1.33. The number of halogens is 1. The van der Waals surface area contributed by atoms with Gasteiger partial charge in [0.15, 0.2) is 22.7 Å². The number of carbonyl (C=O) groups excluding carboxylic acids is 1. The van der Waals surface area contributed by atoms with Gasteiger partial charge in [0.1, 0.15) is 12.1 Å². The lowest BCUT2D eigenvalue weighted by atomic mass is 10.3. The van der Waals surface area contributed by atoms with Gasteiger partial charge in [-0.15, -0.1) is 0 Å². The molecule has 3 heterocycles. The lowest BCUT2D eigenvalue weighted by Crippen LogP contribution is -2.37. The molecule has 0 fully saturated rings. The first kappa shape index (κ1) is 18.4. The van der Waals surface area contributed by atoms with E-state index in [1.54, 1.807) is 0 Å². The summed E-state index contributed by atoms with van der Waals surface area (Å²) in [6, 6.07) is 2.30. The Labute approximate surface area is 160 Å². The number of aryl methyl sites for hydroxylation is 1. The van der Waals surface area contributed by atoms with Crippen molar-refractivity contribution in [3.8, 4) is 5.75 Å². The van der Waals surface area contributed by atoms with Crippen LogP contribution in [-0.4, -0.2) is 36.9 Å². The molecule has 0 radical (unpaired) electrons. The molecule has 1 amide bonds. The minimum absolute atomic E-state index is 0.00635. The smallest absolute Gasteiger partial charge is 0.331 e. The molecule has 4 aromatic rings. The fourth-order valence-corrected chi connectivity index (χ4v) is 2.97. The third kappa shape index (κ3) is 2.94. The summed E-state index contributed by atoms with van der Waals surface area (Å²) in [5.41, 5.74) is -0.234. The summed E-state index contributed by atoms with van der Waals surface area (Å²) in [7, 11) is 4.16. The highest BCUT2D eigenvalue weighted by atomic mass is 19.1. The quantitative estimate of drug-likeness (QED) is 0.522. The Hall–Kier alpha value is -3.96. The Bertz CT molecular complexity index is 1400. The number of amides is 1. The Morgan fingerprint density at radius 2 is 2.03 bits per heavy atom. The molecular formula is C17H15FN6O5. The van der Waals surface area contributed by atoms with Crippen LogP contribution in [0.25, 0.3) is 22.1 Å². The normalized spacial score (nSPS) is 11.3. The maximum atomic E-state index is 13.8. The molecule has 0 unspecified atom stereocenters. The Morgan fingerprint density at radius 1 is 1.28 bits per heavy atom. The third-order valence-electron chi connectivity index (χ3n) is 4.46. The highest BCUT2D eigenvalue weighted by Crippen LogP contribution is 2.26. The molecule has 11 nitrogen and oxygen atoms in total. The minimum atomic E-state index is -0.626. The van der Waals surface area contributed by atoms with Gasteiger partial charge < -0.3 is 9.15 Å². The highest BCUT2D eigenvalue weighted by Gasteiger charge is 2.18. The second-order valence-corrected chi connectivity index (χ2v) is 6.26. The number of carbonyl (C=O) groups is 1. The molecule has 3 aromatic heterocycles. The van der Waals surface area contributed by atoms with Gasteiger partial charge in [-0.05, 0) is 0 Å². The molecule has 0 bridgehead atoms. The monoisotopic (exact) mass is 402 g/mol. The van der Waals surface area contributed by atoms with E-state index in [0.29, 0.717) is 11.0 Å². The summed E-state index contributed by atoms with van der Waals surface area (Å²) >= 11 is 0. The van der Waals surface area contributed by atoms with Gasteiger partial charge >= 0.3 is 11.7 Å². The Morgan fingerprint density at radius 3 is 2.76 bits per heavy atom. The summed E-state index contributed by atoms with van der Waals surface area (Å²) < 4.78 is 27.3. The van der Waals surface area contributed by atoms with E-state index in [0.717, 1.165) is 10.6 Å². The first-order chi connectivity index (χ1) is 13.8. The van der Waals surface area contributed by atoms with E-state index in [9.17, 15) is 18.8 Å². The van der Waals surface area contributed by atoms with Crippen LogP contribution in [-0.2, 0) is 25.4 Å². The van der Waals surface area contributed by atoms with Gasteiger partial charge in [0, 0.05) is 26.2 Å². The predicted molar refractivity (Wildman–Crippen MR) is 99.4 cm³/mol. The van der Waals surface area contributed by atoms with Crippen LogP contribution in [0.2, 0.25) is 0 Å². The zero-order valence-electron chi connectivity index (χ0n) is 15.6. The van der Waals surface area contributed by atoms with E-state index in [2.05, 4.69) is 15.4 Å². The summed E-state index contributed by atoms with van der Waals surface area (Å²) in [6.45, 7) is -0.326. The van der Waals surface area contributed by atoms with Gasteiger partial charge in [-0.1, -0.05) is 0 Å². The maximum absolute atomic E-state index is 13.8. The molecule has 150 valence electrons. The van der Waals surface area contributed by atoms with Crippen molar-refractivity contribution in [2.45, 2.75) is 6.54 Å². The molecular weight excluding hydrogens is 387 g/mol. The van der Waals surface area contributed by atoms with E-state index in [1.807, 2.05) is 0 Å². The standard InChI is InChI=1S/C17H15FN6O5/c1-22-10-6-19-24(14(10)15(26)23(2)17(22)27)7-13(25)21-16-20-9-5-11(28-3)8(18)4-12(9)29-16/h4-6H,7H2,1-3H3,(H,20,21,25). The number of hydrogen-bond donors (Lipinski definition) is 1. The number of benzene rings is 1. The van der Waals surface area contributed by atoms with Crippen molar-refractivity contribution in [3.63, 3.8) is 0 Å². The van der Waals surface area contributed by atoms with Crippen LogP contribution >= 0.6 is 0 Å². The number of ether oxygens (including phenoxy) is 1. The van der Waals surface area contributed by atoms with Crippen LogP contribution in [0.3, 0.4) is 0 Å². The van der Waals surface area contributed by atoms with Crippen LogP contribution in [0.15, 0.2) is 32.3 Å². The molecule has 12 heteroatoms. The van der Waals surface area contributed by atoms with Gasteiger partial charge in [0.05, 0.1) is 18.8 Å². The fraction of sp³-hybridized carbons (Fsp3) is 0.235. The molecule has 1 N–H and O–H groups in total. The SMILES string of the molecule is COc1cc2nc(NC(=O)Cn3ncc4c3c(=O)n(C)c(=O)n4C)oc2cc1F. The van der Waals surface area contributed by atoms with Crippen LogP contribution in [0.1, 0.15) is 0 Å². The van der Waals surface area contributed by atoms with Gasteiger partial charge in [-0.2, -0.15) is 10.1 Å². The maximum Gasteiger partial charge on any atom is 0.331 e. The van der Waals surface area contributed by atoms with E-state index in [-0.39, 0.29) is 29.4 Å². The zero-order chi connectivity index (χ0) is 20.9. The van der Waals surface area contributed by atoms with E-state index < -0.39 is 23.0 Å². The zero-order valence-corrected chi connectivity index (χ0v) is 15.6. The van der Waals surface area contributed by atoms with Crippen LogP contribution in [0, 0.1) is 5.82 Å². The average molecular weight is 402 g/mol. The number of aromatic nitrogens is 5. The Balaban J connectivity index is 1.63. The van der Waals surface area contributed by atoms with Crippen LogP contribution in [0.4, 0.5) is 10.4 Å². The summed E-state index contributed by atoms with van der Waals surface area (Å²) in [5.74, 6) is -1.21. The summed E-state index contributed by atoms with van der Waals surface area (Å²) in [5, 5.41) is 6.46. The molecule has 0 aliphatic carbocycles. The first-order valence-electron chi connectivity index (χ1n) is 8.35. The lowest BCUT2D eigenvalue weighted by molar-refractivity contribution is -0.117. The molecule has 0 saturated heterocycles. The molecule has 0 saturated carbocycles.